The third-order valence-corrected chi connectivity index (χ3v) is 12.1. The molecule has 0 aliphatic carbocycles. The van der Waals surface area contributed by atoms with E-state index in [4.69, 9.17) is 9.47 Å². The Labute approximate surface area is 364 Å². The lowest BCUT2D eigenvalue weighted by molar-refractivity contribution is -0.284. The second kappa shape index (κ2) is 18.3. The van der Waals surface area contributed by atoms with E-state index in [1.807, 2.05) is 23.9 Å². The first kappa shape index (κ1) is 45.4. The van der Waals surface area contributed by atoms with Crippen LogP contribution in [0.5, 0.6) is 0 Å². The molecule has 0 saturated carbocycles. The molecule has 0 bridgehead atoms. The van der Waals surface area contributed by atoms with Crippen molar-refractivity contribution in [2.45, 2.75) is 100 Å². The second-order valence-corrected chi connectivity index (χ2v) is 16.7. The number of aromatic nitrogens is 6. The van der Waals surface area contributed by atoms with Gasteiger partial charge in [-0.1, -0.05) is 10.4 Å². The highest BCUT2D eigenvalue weighted by Crippen LogP contribution is 2.38. The van der Waals surface area contributed by atoms with Crippen molar-refractivity contribution < 1.29 is 69.5 Å². The summed E-state index contributed by atoms with van der Waals surface area (Å²) < 4.78 is 13.2. The number of aliphatic hydroxyl groups is 8. The molecule has 4 aliphatic heterocycles. The average molecular weight is 895 g/mol. The summed E-state index contributed by atoms with van der Waals surface area (Å²) in [6, 6.07) is 6.07. The molecule has 64 heavy (non-hydrogen) atoms. The molecule has 2 aromatic carbocycles. The van der Waals surface area contributed by atoms with Gasteiger partial charge in [-0.15, -0.1) is 10.2 Å². The molecule has 0 unspecified atom stereocenters. The summed E-state index contributed by atoms with van der Waals surface area (Å²) in [5.41, 5.74) is 1.97. The Balaban J connectivity index is 0.833. The van der Waals surface area contributed by atoms with Crippen LogP contribution in [0.15, 0.2) is 36.7 Å². The van der Waals surface area contributed by atoms with Crippen LogP contribution in [0.3, 0.4) is 0 Å². The third kappa shape index (κ3) is 8.67. The SMILES string of the molecule is CN(CCCN1C(=O)c2ccc3c4c(ccc(c24)C1=O)C(=O)N(CCCN(C)Cc1cn(C[C@H]2O[C@H](O)[C@H](O)[C@@H](O)[C@H]2O)nn1)C3=O)Cc1cn(C[C@H]2O[C@H](O)[C@H](O)[C@@H](O)[C@H]2O)nn1. The number of aliphatic hydroxyl groups excluding tert-OH is 8. The molecule has 10 atom stereocenters. The molecule has 4 amide bonds. The predicted molar refractivity (Wildman–Crippen MR) is 214 cm³/mol. The van der Waals surface area contributed by atoms with Crippen molar-refractivity contribution in [1.29, 1.82) is 0 Å². The molecular weight excluding hydrogens is 844 g/mol. The summed E-state index contributed by atoms with van der Waals surface area (Å²) in [5.74, 6) is -2.15. The van der Waals surface area contributed by atoms with Crippen molar-refractivity contribution in [2.24, 2.45) is 0 Å². The Bertz CT molecular complexity index is 2180. The molecule has 2 saturated heterocycles. The Morgan fingerprint density at radius 1 is 0.531 bits per heavy atom. The van der Waals surface area contributed by atoms with Crippen LogP contribution in [0.4, 0.5) is 0 Å². The summed E-state index contributed by atoms with van der Waals surface area (Å²) in [6.07, 6.45) is -10.8. The van der Waals surface area contributed by atoms with Gasteiger partial charge in [0.15, 0.2) is 12.6 Å². The van der Waals surface area contributed by atoms with Gasteiger partial charge in [0, 0.05) is 71.6 Å². The molecular formula is C40H50N10O14. The lowest BCUT2D eigenvalue weighted by Crippen LogP contribution is -2.58. The molecule has 6 heterocycles. The predicted octanol–water partition coefficient (Wildman–Crippen LogP) is -4.14. The maximum Gasteiger partial charge on any atom is 0.261 e. The van der Waals surface area contributed by atoms with Crippen LogP contribution in [0, 0.1) is 0 Å². The number of hydrogen-bond acceptors (Lipinski definition) is 20. The number of carbonyl (C=O) groups excluding carboxylic acids is 4. The van der Waals surface area contributed by atoms with E-state index in [2.05, 4.69) is 20.6 Å². The molecule has 344 valence electrons. The molecule has 8 N–H and O–H groups in total. The van der Waals surface area contributed by atoms with Gasteiger partial charge in [-0.2, -0.15) is 0 Å². The van der Waals surface area contributed by atoms with Gasteiger partial charge in [-0.25, -0.2) is 9.36 Å². The van der Waals surface area contributed by atoms with Gasteiger partial charge in [-0.05, 0) is 64.3 Å². The standard InChI is InChI=1S/C40H50N10O14/c1-45(13-19-15-47(43-41-19)17-25-29(51)31(53)33(55)39(61)63-25)9-3-11-49-35(57)21-5-7-23-28-24(8-6-22(27(21)28)36(49)58)38(60)50(37(23)59)12-4-10-46(2)14-20-16-48(44-42-20)18-26-30(52)32(54)34(56)40(62)64-26/h5-8,15-16,25-26,29-34,39-40,51-56,61-62H,3-4,9-14,17-18H2,1-2H3/t25-,26-,29+,30+,31+,32+,33-,34-,39+,40+/m1/s1. The Morgan fingerprint density at radius 3 is 1.22 bits per heavy atom. The highest BCUT2D eigenvalue weighted by molar-refractivity contribution is 6.33. The van der Waals surface area contributed by atoms with Crippen molar-refractivity contribution in [2.75, 3.05) is 40.3 Å². The molecule has 4 aliphatic rings. The minimum Gasteiger partial charge on any atom is -0.388 e. The van der Waals surface area contributed by atoms with E-state index in [1.165, 1.54) is 33.6 Å². The van der Waals surface area contributed by atoms with Gasteiger partial charge in [0.25, 0.3) is 23.6 Å². The van der Waals surface area contributed by atoms with Crippen LogP contribution in [-0.2, 0) is 35.7 Å². The first-order valence-electron chi connectivity index (χ1n) is 20.7. The number of benzene rings is 2. The van der Waals surface area contributed by atoms with Crippen LogP contribution < -0.4 is 0 Å². The lowest BCUT2D eigenvalue weighted by atomic mass is 9.86. The maximum absolute atomic E-state index is 13.8. The van der Waals surface area contributed by atoms with E-state index in [0.717, 1.165) is 9.80 Å². The Kier molecular flexibility index (Phi) is 13.0. The zero-order valence-corrected chi connectivity index (χ0v) is 34.8. The molecule has 0 radical (unpaired) electrons. The minimum atomic E-state index is -1.67. The third-order valence-electron chi connectivity index (χ3n) is 12.1. The van der Waals surface area contributed by atoms with Crippen molar-refractivity contribution in [1.82, 2.24) is 49.6 Å². The van der Waals surface area contributed by atoms with E-state index < -0.39 is 85.0 Å². The topological polar surface area (TPSA) is 323 Å². The highest BCUT2D eigenvalue weighted by Gasteiger charge is 2.45. The number of rotatable bonds is 16. The fraction of sp³-hybridized carbons (Fsp3) is 0.550. The molecule has 8 rings (SSSR count). The number of hydrogen-bond donors (Lipinski definition) is 8. The van der Waals surface area contributed by atoms with E-state index in [9.17, 15) is 60.0 Å². The van der Waals surface area contributed by atoms with Gasteiger partial charge < -0.3 is 60.1 Å². The Hall–Kier alpha value is -5.22. The average Bonchev–Trinajstić information content (AvgIpc) is 3.91. The van der Waals surface area contributed by atoms with E-state index in [-0.39, 0.29) is 59.2 Å². The van der Waals surface area contributed by atoms with Crippen LogP contribution in [0.25, 0.3) is 10.8 Å². The van der Waals surface area contributed by atoms with Gasteiger partial charge in [-0.3, -0.25) is 29.0 Å². The summed E-state index contributed by atoms with van der Waals surface area (Å²) in [4.78, 5) is 61.4. The molecule has 2 aromatic heterocycles. The zero-order valence-electron chi connectivity index (χ0n) is 34.8. The monoisotopic (exact) mass is 894 g/mol. The van der Waals surface area contributed by atoms with Gasteiger partial charge in [0.1, 0.15) is 48.8 Å². The van der Waals surface area contributed by atoms with Crippen LogP contribution >= 0.6 is 0 Å². The van der Waals surface area contributed by atoms with E-state index in [1.54, 1.807) is 12.4 Å². The largest absolute Gasteiger partial charge is 0.388 e. The normalized spacial score (nSPS) is 28.4. The van der Waals surface area contributed by atoms with Gasteiger partial charge >= 0.3 is 0 Å². The molecule has 24 heteroatoms. The summed E-state index contributed by atoms with van der Waals surface area (Å²) in [5, 5.41) is 96.3. The lowest BCUT2D eigenvalue weighted by Gasteiger charge is -2.38. The van der Waals surface area contributed by atoms with Crippen molar-refractivity contribution in [3.63, 3.8) is 0 Å². The quantitative estimate of drug-likeness (QED) is 0.0495. The van der Waals surface area contributed by atoms with Gasteiger partial charge in [0.05, 0.1) is 24.5 Å². The van der Waals surface area contributed by atoms with Crippen molar-refractivity contribution in [3.8, 4) is 0 Å². The number of carbonyl (C=O) groups is 4. The van der Waals surface area contributed by atoms with E-state index in [0.29, 0.717) is 50.4 Å². The van der Waals surface area contributed by atoms with Gasteiger partial charge in [0.2, 0.25) is 0 Å². The molecule has 4 aromatic rings. The highest BCUT2D eigenvalue weighted by atomic mass is 16.6. The first-order valence-corrected chi connectivity index (χ1v) is 20.7. The number of imide groups is 2. The Morgan fingerprint density at radius 2 is 0.875 bits per heavy atom. The molecule has 0 spiro atoms. The van der Waals surface area contributed by atoms with E-state index >= 15 is 0 Å². The minimum absolute atomic E-state index is 0.0489. The number of nitrogens with zero attached hydrogens (tertiary/aromatic N) is 10. The summed E-state index contributed by atoms with van der Waals surface area (Å²) in [6.45, 7) is 1.67. The zero-order chi connectivity index (χ0) is 45.7. The van der Waals surface area contributed by atoms with Crippen LogP contribution in [0.1, 0.15) is 65.7 Å². The summed E-state index contributed by atoms with van der Waals surface area (Å²) >= 11 is 0. The van der Waals surface area contributed by atoms with Crippen molar-refractivity contribution >= 4 is 34.4 Å². The number of amides is 4. The fourth-order valence-electron chi connectivity index (χ4n) is 8.62. The van der Waals surface area contributed by atoms with Crippen LogP contribution in [0.2, 0.25) is 0 Å². The fourth-order valence-corrected chi connectivity index (χ4v) is 8.62. The summed E-state index contributed by atoms with van der Waals surface area (Å²) in [7, 11) is 3.64. The smallest absolute Gasteiger partial charge is 0.261 e. The number of ether oxygens (including phenoxy) is 2. The van der Waals surface area contributed by atoms with Crippen molar-refractivity contribution in [3.05, 3.63) is 70.3 Å². The molecule has 24 nitrogen and oxygen atoms in total. The maximum atomic E-state index is 13.8. The second-order valence-electron chi connectivity index (χ2n) is 16.7. The first-order chi connectivity index (χ1) is 30.5. The molecule has 2 fully saturated rings. The van der Waals surface area contributed by atoms with Crippen LogP contribution in [-0.4, -0.2) is 216 Å².